The summed E-state index contributed by atoms with van der Waals surface area (Å²) in [5.41, 5.74) is 0. The fourth-order valence-corrected chi connectivity index (χ4v) is 6.42. The van der Waals surface area contributed by atoms with Gasteiger partial charge in [0.15, 0.2) is 0 Å². The Kier molecular flexibility index (Phi) is 1.95. The molecule has 0 amide bonds. The number of rotatable bonds is 0. The normalized spacial score (nSPS) is 16.2. The Labute approximate surface area is 95.1 Å². The summed E-state index contributed by atoms with van der Waals surface area (Å²) in [5.74, 6) is 0. The van der Waals surface area contributed by atoms with Crippen molar-refractivity contribution in [3.8, 4) is 0 Å². The lowest BCUT2D eigenvalue weighted by atomic mass is 10.5. The smallest absolute Gasteiger partial charge is 0.206 e. The topological polar surface area (TPSA) is 59.9 Å². The second-order valence-electron chi connectivity index (χ2n) is 3.65. The van der Waals surface area contributed by atoms with Crippen molar-refractivity contribution < 1.29 is 8.42 Å². The van der Waals surface area contributed by atoms with Crippen molar-refractivity contribution in [1.29, 1.82) is 0 Å². The average Bonchev–Trinajstić information content (AvgIpc) is 2.29. The van der Waals surface area contributed by atoms with E-state index in [1.165, 1.54) is 12.4 Å². The van der Waals surface area contributed by atoms with Crippen LogP contribution in [0.4, 0.5) is 0 Å². The second-order valence-corrected chi connectivity index (χ2v) is 7.41. The summed E-state index contributed by atoms with van der Waals surface area (Å²) in [4.78, 5) is 8.82. The van der Waals surface area contributed by atoms with E-state index in [0.29, 0.717) is 9.79 Å². The number of hydrogen-bond donors (Lipinski definition) is 0. The van der Waals surface area contributed by atoms with Gasteiger partial charge in [0.25, 0.3) is 0 Å². The number of hydrogen-bond acceptors (Lipinski definition) is 4. The van der Waals surface area contributed by atoms with Crippen molar-refractivity contribution in [1.82, 2.24) is 9.97 Å². The fraction of sp³-hybridized carbons (Fsp3) is 0. The highest BCUT2D eigenvalue weighted by Crippen LogP contribution is 2.19. The first kappa shape index (κ1) is 9.68. The van der Waals surface area contributed by atoms with E-state index in [0.717, 1.165) is 10.4 Å². The number of fused-ring (bicyclic) bond motifs is 2. The molecule has 0 aromatic carbocycles. The molecule has 0 spiro atoms. The van der Waals surface area contributed by atoms with E-state index in [2.05, 4.69) is 9.97 Å². The van der Waals surface area contributed by atoms with Gasteiger partial charge in [-0.05, 0) is 22.5 Å². The van der Waals surface area contributed by atoms with Crippen molar-refractivity contribution in [2.75, 3.05) is 0 Å². The Morgan fingerprint density at radius 3 is 1.94 bits per heavy atom. The van der Waals surface area contributed by atoms with Gasteiger partial charge in [-0.2, -0.15) is 0 Å². The molecule has 16 heavy (non-hydrogen) atoms. The van der Waals surface area contributed by atoms with E-state index in [-0.39, 0.29) is 0 Å². The van der Waals surface area contributed by atoms with E-state index in [1.54, 1.807) is 24.5 Å². The van der Waals surface area contributed by atoms with Crippen LogP contribution < -0.4 is 10.4 Å². The Bertz CT molecular complexity index is 619. The molecule has 6 heteroatoms. The molecule has 1 aliphatic rings. The van der Waals surface area contributed by atoms with E-state index in [1.807, 2.05) is 0 Å². The molecule has 3 heterocycles. The first-order valence-corrected chi connectivity index (χ1v) is 7.70. The molecule has 2 aromatic heterocycles. The van der Waals surface area contributed by atoms with Gasteiger partial charge in [-0.3, -0.25) is 9.97 Å². The van der Waals surface area contributed by atoms with Gasteiger partial charge in [-0.1, -0.05) is 0 Å². The molecule has 4 nitrogen and oxygen atoms in total. The van der Waals surface area contributed by atoms with Crippen molar-refractivity contribution in [3.05, 3.63) is 36.9 Å². The standard InChI is InChI=1S/C10H8N2O2SSi/c13-15(14)7-1-3-11-5-9(7)16-10-6-12-4-2-8(10)15/h1-6H,16H2. The van der Waals surface area contributed by atoms with Crippen molar-refractivity contribution in [3.63, 3.8) is 0 Å². The zero-order valence-electron chi connectivity index (χ0n) is 8.29. The number of sulfone groups is 1. The van der Waals surface area contributed by atoms with E-state index in [4.69, 9.17) is 0 Å². The maximum Gasteiger partial charge on any atom is 0.206 e. The van der Waals surface area contributed by atoms with Crippen LogP contribution in [0, 0.1) is 0 Å². The minimum absolute atomic E-state index is 0.424. The molecule has 0 bridgehead atoms. The molecule has 2 aromatic rings. The van der Waals surface area contributed by atoms with Crippen LogP contribution in [-0.4, -0.2) is 27.9 Å². The van der Waals surface area contributed by atoms with E-state index < -0.39 is 19.4 Å². The van der Waals surface area contributed by atoms with Crippen LogP contribution in [0.2, 0.25) is 0 Å². The maximum absolute atomic E-state index is 12.3. The third-order valence-corrected chi connectivity index (χ3v) is 7.03. The SMILES string of the molecule is O=S1(=O)c2ccncc2[SiH2]c2cnccc21. The monoisotopic (exact) mass is 248 g/mol. The zero-order valence-corrected chi connectivity index (χ0v) is 10.5. The molecule has 0 radical (unpaired) electrons. The summed E-state index contributed by atoms with van der Waals surface area (Å²) < 4.78 is 24.5. The molecule has 3 rings (SSSR count). The van der Waals surface area contributed by atoms with Crippen molar-refractivity contribution in [2.45, 2.75) is 9.79 Å². The highest BCUT2D eigenvalue weighted by molar-refractivity contribution is 7.92. The molecule has 0 fully saturated rings. The van der Waals surface area contributed by atoms with Gasteiger partial charge in [0, 0.05) is 24.8 Å². The molecule has 0 atom stereocenters. The summed E-state index contributed by atoms with van der Waals surface area (Å²) in [6, 6.07) is 3.17. The van der Waals surface area contributed by atoms with Crippen LogP contribution in [0.25, 0.3) is 0 Å². The zero-order chi connectivity index (χ0) is 11.2. The summed E-state index contributed by atoms with van der Waals surface area (Å²) >= 11 is 0. The van der Waals surface area contributed by atoms with Crippen LogP contribution in [0.1, 0.15) is 0 Å². The average molecular weight is 248 g/mol. The van der Waals surface area contributed by atoms with E-state index >= 15 is 0 Å². The Hall–Kier alpha value is -1.53. The van der Waals surface area contributed by atoms with Gasteiger partial charge >= 0.3 is 0 Å². The molecular weight excluding hydrogens is 240 g/mol. The molecule has 0 saturated heterocycles. The fourth-order valence-electron chi connectivity index (χ4n) is 1.94. The van der Waals surface area contributed by atoms with Gasteiger partial charge in [0.1, 0.15) is 0 Å². The lowest BCUT2D eigenvalue weighted by molar-refractivity contribution is 0.596. The second kappa shape index (κ2) is 3.23. The predicted octanol–water partition coefficient (Wildman–Crippen LogP) is -1.26. The molecule has 0 saturated carbocycles. The summed E-state index contributed by atoms with van der Waals surface area (Å²) in [6.07, 6.45) is 6.37. The van der Waals surface area contributed by atoms with Gasteiger partial charge in [-0.25, -0.2) is 8.42 Å². The van der Waals surface area contributed by atoms with Crippen molar-refractivity contribution >= 4 is 29.7 Å². The Morgan fingerprint density at radius 1 is 0.938 bits per heavy atom. The Morgan fingerprint density at radius 2 is 1.44 bits per heavy atom. The molecule has 0 unspecified atom stereocenters. The van der Waals surface area contributed by atoms with Gasteiger partial charge in [0.2, 0.25) is 9.84 Å². The van der Waals surface area contributed by atoms with Crippen molar-refractivity contribution in [2.24, 2.45) is 0 Å². The molecular formula is C10H8N2O2SSi. The van der Waals surface area contributed by atoms with Crippen LogP contribution in [0.3, 0.4) is 0 Å². The molecule has 80 valence electrons. The highest BCUT2D eigenvalue weighted by Gasteiger charge is 2.29. The van der Waals surface area contributed by atoms with Gasteiger partial charge < -0.3 is 0 Å². The lowest BCUT2D eigenvalue weighted by Crippen LogP contribution is -2.40. The van der Waals surface area contributed by atoms with Crippen LogP contribution in [-0.2, 0) is 9.84 Å². The number of aromatic nitrogens is 2. The Balaban J connectivity index is 2.37. The predicted molar refractivity (Wildman–Crippen MR) is 61.7 cm³/mol. The first-order chi connectivity index (χ1) is 7.69. The summed E-state index contributed by atoms with van der Waals surface area (Å²) in [5, 5.41) is 1.76. The largest absolute Gasteiger partial charge is 0.265 e. The molecule has 1 aliphatic heterocycles. The van der Waals surface area contributed by atoms with Crippen LogP contribution in [0.5, 0.6) is 0 Å². The van der Waals surface area contributed by atoms with Gasteiger partial charge in [0.05, 0.1) is 19.3 Å². The lowest BCUT2D eigenvalue weighted by Gasteiger charge is -2.17. The van der Waals surface area contributed by atoms with Crippen LogP contribution in [0.15, 0.2) is 46.7 Å². The molecule has 0 N–H and O–H groups in total. The minimum atomic E-state index is -3.35. The summed E-state index contributed by atoms with van der Waals surface area (Å²) in [7, 11) is -4.11. The summed E-state index contributed by atoms with van der Waals surface area (Å²) in [6.45, 7) is 0. The van der Waals surface area contributed by atoms with Gasteiger partial charge in [-0.15, -0.1) is 0 Å². The number of nitrogens with zero attached hydrogens (tertiary/aromatic N) is 2. The molecule has 0 aliphatic carbocycles. The third-order valence-electron chi connectivity index (χ3n) is 2.68. The van der Waals surface area contributed by atoms with Crippen LogP contribution >= 0.6 is 0 Å². The minimum Gasteiger partial charge on any atom is -0.265 e. The number of pyridine rings is 2. The third kappa shape index (κ3) is 1.23. The highest BCUT2D eigenvalue weighted by atomic mass is 32.2. The van der Waals surface area contributed by atoms with E-state index in [9.17, 15) is 8.42 Å². The quantitative estimate of drug-likeness (QED) is 0.466. The maximum atomic E-state index is 12.3. The first-order valence-electron chi connectivity index (χ1n) is 4.80.